The molecule has 1 N–H and O–H groups in total. The number of anilines is 1. The van der Waals surface area contributed by atoms with E-state index in [4.69, 9.17) is 11.6 Å². The molecule has 0 fully saturated rings. The molecule has 0 spiro atoms. The Bertz CT molecular complexity index is 800. The zero-order chi connectivity index (χ0) is 17.0. The number of nitrogens with one attached hydrogen (secondary N) is 1. The molecule has 0 aliphatic carbocycles. The molecule has 23 heavy (non-hydrogen) atoms. The Kier molecular flexibility index (Phi) is 5.13. The van der Waals surface area contributed by atoms with Gasteiger partial charge in [-0.05, 0) is 43.2 Å². The highest BCUT2D eigenvalue weighted by molar-refractivity contribution is 6.31. The minimum absolute atomic E-state index is 0.0305. The average molecular weight is 331 g/mol. The van der Waals surface area contributed by atoms with Crippen LogP contribution in [0.1, 0.15) is 16.7 Å². The number of nitro groups is 1. The molecular weight excluding hydrogens is 316 g/mol. The number of nitrogens with zero attached hydrogens (tertiary/aromatic N) is 1. The monoisotopic (exact) mass is 330 g/mol. The van der Waals surface area contributed by atoms with Crippen molar-refractivity contribution in [3.8, 4) is 0 Å². The van der Waals surface area contributed by atoms with Gasteiger partial charge in [-0.25, -0.2) is 0 Å². The SMILES string of the molecule is Cc1ccc(/C=C/C(=O)Nc2cccc([N+](=O)[O-])c2C)cc1Cl. The van der Waals surface area contributed by atoms with Crippen LogP contribution in [0.4, 0.5) is 11.4 Å². The van der Waals surface area contributed by atoms with Crippen molar-refractivity contribution in [2.45, 2.75) is 13.8 Å². The third-order valence-electron chi connectivity index (χ3n) is 3.38. The minimum atomic E-state index is -0.477. The second kappa shape index (κ2) is 7.07. The van der Waals surface area contributed by atoms with E-state index in [9.17, 15) is 14.9 Å². The third-order valence-corrected chi connectivity index (χ3v) is 3.79. The summed E-state index contributed by atoms with van der Waals surface area (Å²) in [5.74, 6) is -0.370. The quantitative estimate of drug-likeness (QED) is 0.509. The van der Waals surface area contributed by atoms with Crippen LogP contribution in [-0.4, -0.2) is 10.8 Å². The lowest BCUT2D eigenvalue weighted by molar-refractivity contribution is -0.385. The molecule has 0 saturated heterocycles. The van der Waals surface area contributed by atoms with Crippen molar-refractivity contribution in [2.24, 2.45) is 0 Å². The Morgan fingerprint density at radius 1 is 1.26 bits per heavy atom. The van der Waals surface area contributed by atoms with E-state index in [2.05, 4.69) is 5.32 Å². The standard InChI is InChI=1S/C17H15ClN2O3/c1-11-6-7-13(10-14(11)18)8-9-17(21)19-15-4-3-5-16(12(15)2)20(22)23/h3-10H,1-2H3,(H,19,21)/b9-8+. The van der Waals surface area contributed by atoms with E-state index in [-0.39, 0.29) is 11.6 Å². The Hall–Kier alpha value is -2.66. The summed E-state index contributed by atoms with van der Waals surface area (Å²) < 4.78 is 0. The predicted molar refractivity (Wildman–Crippen MR) is 91.7 cm³/mol. The van der Waals surface area contributed by atoms with Gasteiger partial charge >= 0.3 is 0 Å². The Morgan fingerprint density at radius 3 is 2.65 bits per heavy atom. The number of benzene rings is 2. The van der Waals surface area contributed by atoms with Crippen molar-refractivity contribution >= 4 is 35.0 Å². The average Bonchev–Trinajstić information content (AvgIpc) is 2.50. The Labute approximate surface area is 138 Å². The number of rotatable bonds is 4. The zero-order valence-corrected chi connectivity index (χ0v) is 13.4. The van der Waals surface area contributed by atoms with Crippen molar-refractivity contribution < 1.29 is 9.72 Å². The number of aryl methyl sites for hydroxylation is 1. The smallest absolute Gasteiger partial charge is 0.274 e. The zero-order valence-electron chi connectivity index (χ0n) is 12.7. The number of amides is 1. The van der Waals surface area contributed by atoms with Crippen LogP contribution < -0.4 is 5.32 Å². The van der Waals surface area contributed by atoms with E-state index in [1.807, 2.05) is 19.1 Å². The summed E-state index contributed by atoms with van der Waals surface area (Å²) in [5, 5.41) is 14.2. The lowest BCUT2D eigenvalue weighted by Gasteiger charge is -2.06. The molecule has 0 aromatic heterocycles. The summed E-state index contributed by atoms with van der Waals surface area (Å²) in [4.78, 5) is 22.4. The highest BCUT2D eigenvalue weighted by atomic mass is 35.5. The molecule has 0 heterocycles. The number of hydrogen-bond donors (Lipinski definition) is 1. The van der Waals surface area contributed by atoms with E-state index in [1.165, 1.54) is 18.2 Å². The van der Waals surface area contributed by atoms with Crippen molar-refractivity contribution in [3.05, 3.63) is 74.3 Å². The third kappa shape index (κ3) is 4.17. The summed E-state index contributed by atoms with van der Waals surface area (Å²) in [6, 6.07) is 10.0. The van der Waals surface area contributed by atoms with E-state index in [0.29, 0.717) is 16.3 Å². The predicted octanol–water partition coefficient (Wildman–Crippen LogP) is 4.52. The van der Waals surface area contributed by atoms with Gasteiger partial charge in [0, 0.05) is 17.2 Å². The lowest BCUT2D eigenvalue weighted by atomic mass is 10.1. The topological polar surface area (TPSA) is 72.2 Å². The highest BCUT2D eigenvalue weighted by Crippen LogP contribution is 2.25. The van der Waals surface area contributed by atoms with Gasteiger partial charge in [-0.15, -0.1) is 0 Å². The molecule has 0 radical (unpaired) electrons. The fourth-order valence-corrected chi connectivity index (χ4v) is 2.20. The number of halogens is 1. The van der Waals surface area contributed by atoms with Gasteiger partial charge in [0.05, 0.1) is 16.2 Å². The van der Waals surface area contributed by atoms with Gasteiger partial charge in [0.2, 0.25) is 5.91 Å². The first-order valence-corrected chi connectivity index (χ1v) is 7.25. The van der Waals surface area contributed by atoms with Crippen molar-refractivity contribution in [3.63, 3.8) is 0 Å². The second-order valence-electron chi connectivity index (χ2n) is 5.04. The van der Waals surface area contributed by atoms with Crippen LogP contribution >= 0.6 is 11.6 Å². The number of carbonyl (C=O) groups excluding carboxylic acids is 1. The van der Waals surface area contributed by atoms with Crippen LogP contribution in [0.3, 0.4) is 0 Å². The van der Waals surface area contributed by atoms with Gasteiger partial charge in [-0.3, -0.25) is 14.9 Å². The van der Waals surface area contributed by atoms with Crippen LogP contribution in [0, 0.1) is 24.0 Å². The first-order chi connectivity index (χ1) is 10.9. The molecular formula is C17H15ClN2O3. The van der Waals surface area contributed by atoms with Crippen molar-refractivity contribution in [2.75, 3.05) is 5.32 Å². The van der Waals surface area contributed by atoms with E-state index in [0.717, 1.165) is 11.1 Å². The van der Waals surface area contributed by atoms with E-state index < -0.39 is 4.92 Å². The maximum absolute atomic E-state index is 12.0. The summed E-state index contributed by atoms with van der Waals surface area (Å²) in [6.07, 6.45) is 2.99. The summed E-state index contributed by atoms with van der Waals surface area (Å²) >= 11 is 6.03. The number of hydrogen-bond acceptors (Lipinski definition) is 3. The first-order valence-electron chi connectivity index (χ1n) is 6.87. The summed E-state index contributed by atoms with van der Waals surface area (Å²) in [7, 11) is 0. The van der Waals surface area contributed by atoms with E-state index >= 15 is 0 Å². The normalized spacial score (nSPS) is 10.7. The first kappa shape index (κ1) is 16.7. The molecule has 0 saturated carbocycles. The van der Waals surface area contributed by atoms with Gasteiger partial charge in [0.15, 0.2) is 0 Å². The molecule has 5 nitrogen and oxygen atoms in total. The van der Waals surface area contributed by atoms with Crippen LogP contribution in [0.5, 0.6) is 0 Å². The molecule has 0 bridgehead atoms. The Morgan fingerprint density at radius 2 is 2.00 bits per heavy atom. The molecule has 1 amide bonds. The van der Waals surface area contributed by atoms with Gasteiger partial charge in [0.1, 0.15) is 0 Å². The molecule has 2 aromatic rings. The maximum atomic E-state index is 12.0. The molecule has 2 aromatic carbocycles. The van der Waals surface area contributed by atoms with Crippen molar-refractivity contribution in [1.82, 2.24) is 0 Å². The van der Waals surface area contributed by atoms with E-state index in [1.54, 1.807) is 25.1 Å². The fourth-order valence-electron chi connectivity index (χ4n) is 2.02. The van der Waals surface area contributed by atoms with Crippen LogP contribution in [0.2, 0.25) is 5.02 Å². The molecule has 118 valence electrons. The Balaban J connectivity index is 2.13. The van der Waals surface area contributed by atoms with Gasteiger partial charge in [0.25, 0.3) is 5.69 Å². The lowest BCUT2D eigenvalue weighted by Crippen LogP contribution is -2.09. The maximum Gasteiger partial charge on any atom is 0.274 e. The number of carbonyl (C=O) groups is 1. The molecule has 0 aliphatic rings. The second-order valence-corrected chi connectivity index (χ2v) is 5.45. The minimum Gasteiger partial charge on any atom is -0.322 e. The molecule has 6 heteroatoms. The van der Waals surface area contributed by atoms with Crippen LogP contribution in [0.15, 0.2) is 42.5 Å². The molecule has 2 rings (SSSR count). The van der Waals surface area contributed by atoms with Gasteiger partial charge in [-0.2, -0.15) is 0 Å². The van der Waals surface area contributed by atoms with Crippen LogP contribution in [-0.2, 0) is 4.79 Å². The largest absolute Gasteiger partial charge is 0.322 e. The highest BCUT2D eigenvalue weighted by Gasteiger charge is 2.13. The summed E-state index contributed by atoms with van der Waals surface area (Å²) in [5.41, 5.74) is 2.55. The van der Waals surface area contributed by atoms with Gasteiger partial charge in [-0.1, -0.05) is 29.8 Å². The summed E-state index contributed by atoms with van der Waals surface area (Å²) in [6.45, 7) is 3.49. The van der Waals surface area contributed by atoms with Crippen LogP contribution in [0.25, 0.3) is 6.08 Å². The van der Waals surface area contributed by atoms with Crippen molar-refractivity contribution in [1.29, 1.82) is 0 Å². The fraction of sp³-hybridized carbons (Fsp3) is 0.118. The molecule has 0 atom stereocenters. The van der Waals surface area contributed by atoms with Gasteiger partial charge < -0.3 is 5.32 Å². The number of nitro benzene ring substituents is 1. The molecule has 0 unspecified atom stereocenters. The molecule has 0 aliphatic heterocycles.